The first kappa shape index (κ1) is 21.4. The number of likely N-dealkylation sites (tertiary alicyclic amines) is 1. The molecule has 1 aliphatic heterocycles. The normalized spacial score (nSPS) is 17.9. The zero-order valence-electron chi connectivity index (χ0n) is 20.6. The van der Waals surface area contributed by atoms with Crippen molar-refractivity contribution >= 4 is 27.8 Å². The molecule has 0 unspecified atom stereocenters. The monoisotopic (exact) mass is 474 g/mol. The van der Waals surface area contributed by atoms with Gasteiger partial charge in [0.2, 0.25) is 5.91 Å². The van der Waals surface area contributed by atoms with Gasteiger partial charge in [0.25, 0.3) is 0 Å². The minimum atomic E-state index is 0.299. The Kier molecular flexibility index (Phi) is 4.98. The van der Waals surface area contributed by atoms with E-state index in [0.29, 0.717) is 17.7 Å². The number of rotatable bonds is 5. The van der Waals surface area contributed by atoms with Gasteiger partial charge in [-0.15, -0.1) is 0 Å². The van der Waals surface area contributed by atoms with Crippen molar-refractivity contribution in [1.82, 2.24) is 19.4 Å². The summed E-state index contributed by atoms with van der Waals surface area (Å²) in [6.45, 7) is 4.77. The number of nitrogens with one attached hydrogen (secondary N) is 1. The lowest BCUT2D eigenvalue weighted by Gasteiger charge is -2.18. The maximum Gasteiger partial charge on any atom is 0.225 e. The van der Waals surface area contributed by atoms with Gasteiger partial charge in [0.1, 0.15) is 5.82 Å². The van der Waals surface area contributed by atoms with E-state index in [0.717, 1.165) is 61.3 Å². The average Bonchev–Trinajstić information content (AvgIpc) is 3.30. The largest absolute Gasteiger partial charge is 0.361 e. The molecule has 2 fully saturated rings. The van der Waals surface area contributed by atoms with Crippen molar-refractivity contribution in [3.05, 3.63) is 78.5 Å². The van der Waals surface area contributed by atoms with E-state index in [1.54, 1.807) is 0 Å². The van der Waals surface area contributed by atoms with Crippen molar-refractivity contribution in [2.45, 2.75) is 32.7 Å². The van der Waals surface area contributed by atoms with Crippen molar-refractivity contribution in [1.29, 1.82) is 0 Å². The fraction of sp³-hybridized carbons (Fsp3) is 0.290. The van der Waals surface area contributed by atoms with Crippen LogP contribution < -0.4 is 0 Å². The first-order chi connectivity index (χ1) is 17.6. The predicted molar refractivity (Wildman–Crippen MR) is 145 cm³/mol. The number of aryl methyl sites for hydroxylation is 1. The lowest BCUT2D eigenvalue weighted by Crippen LogP contribution is -2.30. The van der Waals surface area contributed by atoms with Crippen LogP contribution in [-0.4, -0.2) is 38.4 Å². The van der Waals surface area contributed by atoms with Crippen LogP contribution in [0.3, 0.4) is 0 Å². The van der Waals surface area contributed by atoms with Crippen LogP contribution in [0.5, 0.6) is 0 Å². The maximum absolute atomic E-state index is 12.6. The third kappa shape index (κ3) is 3.79. The molecule has 0 bridgehead atoms. The smallest absolute Gasteiger partial charge is 0.225 e. The highest BCUT2D eigenvalue weighted by Gasteiger charge is 2.36. The van der Waals surface area contributed by atoms with E-state index in [4.69, 9.17) is 4.98 Å². The Morgan fingerprint density at radius 1 is 0.944 bits per heavy atom. The number of fused-ring (bicyclic) bond motifs is 2. The Labute approximate surface area is 210 Å². The summed E-state index contributed by atoms with van der Waals surface area (Å²) in [6.07, 6.45) is 5.19. The lowest BCUT2D eigenvalue weighted by atomic mass is 10.0. The molecule has 2 aliphatic rings. The number of H-pyrrole nitrogens is 1. The third-order valence-electron chi connectivity index (χ3n) is 7.90. The third-order valence-corrected chi connectivity index (χ3v) is 7.90. The molecule has 1 aliphatic carbocycles. The summed E-state index contributed by atoms with van der Waals surface area (Å²) in [4.78, 5) is 23.1. The van der Waals surface area contributed by atoms with E-state index in [1.807, 2.05) is 6.20 Å². The average molecular weight is 475 g/mol. The van der Waals surface area contributed by atoms with E-state index < -0.39 is 0 Å². The number of hydrogen-bond acceptors (Lipinski definition) is 2. The second kappa shape index (κ2) is 8.37. The molecule has 1 N–H and O–H groups in total. The second-order valence-corrected chi connectivity index (χ2v) is 10.6. The summed E-state index contributed by atoms with van der Waals surface area (Å²) in [6, 6.07) is 23.9. The zero-order chi connectivity index (χ0) is 24.2. The molecule has 180 valence electrons. The maximum atomic E-state index is 12.6. The summed E-state index contributed by atoms with van der Waals surface area (Å²) >= 11 is 0. The quantitative estimate of drug-likeness (QED) is 0.320. The summed E-state index contributed by atoms with van der Waals surface area (Å²) in [5.74, 6) is 2.14. The van der Waals surface area contributed by atoms with Gasteiger partial charge in [-0.1, -0.05) is 36.4 Å². The number of hydrogen-bond donors (Lipinski definition) is 1. The van der Waals surface area contributed by atoms with E-state index in [2.05, 4.69) is 88.1 Å². The van der Waals surface area contributed by atoms with Crippen molar-refractivity contribution in [3.63, 3.8) is 0 Å². The standard InChI is InChI=1S/C31H30N4O/c1-20-2-10-28-29(16-20)35(19-21-13-15-34(18-21)31(36)24-7-8-24)30(33-28)23-5-3-22(4-6-23)25-9-11-27-26(17-25)12-14-32-27/h2-6,9-12,14,16-17,21,24,32H,7-8,13,15,18-19H2,1H3/t21-/m1/s1. The van der Waals surface area contributed by atoms with Crippen molar-refractivity contribution < 1.29 is 4.79 Å². The summed E-state index contributed by atoms with van der Waals surface area (Å²) in [5.41, 5.74) is 8.14. The fourth-order valence-corrected chi connectivity index (χ4v) is 5.71. The number of carbonyl (C=O) groups is 1. The van der Waals surface area contributed by atoms with Crippen LogP contribution in [-0.2, 0) is 11.3 Å². The number of nitrogens with zero attached hydrogens (tertiary/aromatic N) is 3. The van der Waals surface area contributed by atoms with Gasteiger partial charge in [-0.25, -0.2) is 4.98 Å². The van der Waals surface area contributed by atoms with E-state index in [9.17, 15) is 4.79 Å². The highest BCUT2D eigenvalue weighted by atomic mass is 16.2. The highest BCUT2D eigenvalue weighted by molar-refractivity contribution is 5.86. The van der Waals surface area contributed by atoms with E-state index in [-0.39, 0.29) is 0 Å². The van der Waals surface area contributed by atoms with E-state index >= 15 is 0 Å². The SMILES string of the molecule is Cc1ccc2nc(-c3ccc(-c4ccc5[nH]ccc5c4)cc3)n(C[C@@H]3CCN(C(=O)C4CC4)C3)c2c1. The van der Waals surface area contributed by atoms with E-state index in [1.165, 1.54) is 27.6 Å². The first-order valence-corrected chi connectivity index (χ1v) is 13.1. The molecule has 1 saturated heterocycles. The fourth-order valence-electron chi connectivity index (χ4n) is 5.71. The Balaban J connectivity index is 1.21. The molecule has 0 spiro atoms. The molecule has 5 nitrogen and oxygen atoms in total. The number of imidazole rings is 1. The molecule has 2 aromatic heterocycles. The van der Waals surface area contributed by atoms with Crippen molar-refractivity contribution in [3.8, 4) is 22.5 Å². The van der Waals surface area contributed by atoms with Gasteiger partial charge in [-0.3, -0.25) is 4.79 Å². The summed E-state index contributed by atoms with van der Waals surface area (Å²) in [5, 5.41) is 1.22. The topological polar surface area (TPSA) is 53.9 Å². The van der Waals surface area contributed by atoms with Crippen LogP contribution in [0.4, 0.5) is 0 Å². The van der Waals surface area contributed by atoms with Gasteiger partial charge in [0, 0.05) is 42.8 Å². The molecular formula is C31H30N4O. The Bertz CT molecular complexity index is 1590. The zero-order valence-corrected chi connectivity index (χ0v) is 20.6. The van der Waals surface area contributed by atoms with Gasteiger partial charge in [-0.2, -0.15) is 0 Å². The highest BCUT2D eigenvalue weighted by Crippen LogP contribution is 2.34. The molecule has 1 saturated carbocycles. The minimum absolute atomic E-state index is 0.299. The molecule has 7 rings (SSSR count). The van der Waals surface area contributed by atoms with Gasteiger partial charge in [-0.05, 0) is 84.5 Å². The summed E-state index contributed by atoms with van der Waals surface area (Å²) < 4.78 is 2.39. The van der Waals surface area contributed by atoms with Crippen LogP contribution in [0.1, 0.15) is 24.8 Å². The second-order valence-electron chi connectivity index (χ2n) is 10.6. The van der Waals surface area contributed by atoms with Crippen molar-refractivity contribution in [2.24, 2.45) is 11.8 Å². The van der Waals surface area contributed by atoms with Crippen LogP contribution in [0, 0.1) is 18.8 Å². The van der Waals surface area contributed by atoms with Gasteiger partial charge in [0.15, 0.2) is 0 Å². The number of aromatic nitrogens is 3. The minimum Gasteiger partial charge on any atom is -0.361 e. The Morgan fingerprint density at radius 3 is 2.58 bits per heavy atom. The summed E-state index contributed by atoms with van der Waals surface area (Å²) in [7, 11) is 0. The molecule has 1 atom stereocenters. The van der Waals surface area contributed by atoms with Crippen molar-refractivity contribution in [2.75, 3.05) is 13.1 Å². The molecule has 3 heterocycles. The molecule has 36 heavy (non-hydrogen) atoms. The van der Waals surface area contributed by atoms with Gasteiger partial charge in [0.05, 0.1) is 11.0 Å². The number of benzene rings is 3. The Hall–Kier alpha value is -3.86. The Morgan fingerprint density at radius 2 is 1.75 bits per heavy atom. The van der Waals surface area contributed by atoms with Crippen LogP contribution in [0.2, 0.25) is 0 Å². The van der Waals surface area contributed by atoms with Crippen LogP contribution in [0.25, 0.3) is 44.5 Å². The first-order valence-electron chi connectivity index (χ1n) is 13.1. The number of aromatic amines is 1. The molecule has 5 aromatic rings. The number of carbonyl (C=O) groups excluding carboxylic acids is 1. The predicted octanol–water partition coefficient (Wildman–Crippen LogP) is 6.42. The molecule has 5 heteroatoms. The van der Waals surface area contributed by atoms with Gasteiger partial charge >= 0.3 is 0 Å². The van der Waals surface area contributed by atoms with Crippen LogP contribution >= 0.6 is 0 Å². The molecular weight excluding hydrogens is 444 g/mol. The molecule has 0 radical (unpaired) electrons. The lowest BCUT2D eigenvalue weighted by molar-refractivity contribution is -0.131. The van der Waals surface area contributed by atoms with Gasteiger partial charge < -0.3 is 14.5 Å². The molecule has 1 amide bonds. The van der Waals surface area contributed by atoms with Crippen LogP contribution in [0.15, 0.2) is 72.9 Å². The molecule has 3 aromatic carbocycles. The number of amides is 1.